The molecule has 1 aromatic carbocycles. The van der Waals surface area contributed by atoms with Crippen molar-refractivity contribution in [3.8, 4) is 0 Å². The maximum absolute atomic E-state index is 11.0. The minimum absolute atomic E-state index is 0.0105. The van der Waals surface area contributed by atoms with E-state index in [9.17, 15) is 4.57 Å². The molecule has 0 saturated heterocycles. The van der Waals surface area contributed by atoms with E-state index in [1.165, 1.54) is 0 Å². The zero-order chi connectivity index (χ0) is 12.0. The second-order valence-electron chi connectivity index (χ2n) is 3.53. The van der Waals surface area contributed by atoms with Crippen LogP contribution in [-0.4, -0.2) is 22.0 Å². The third-order valence-electron chi connectivity index (χ3n) is 2.27. The Labute approximate surface area is 95.0 Å². The molecule has 0 amide bonds. The first-order valence-electron chi connectivity index (χ1n) is 5.01. The Hall–Kier alpha value is -0.930. The van der Waals surface area contributed by atoms with Crippen LogP contribution in [0.15, 0.2) is 36.4 Å². The highest BCUT2D eigenvalue weighted by molar-refractivity contribution is 7.52. The molecule has 0 radical (unpaired) electrons. The lowest BCUT2D eigenvalue weighted by molar-refractivity contribution is 0.358. The van der Waals surface area contributed by atoms with Crippen LogP contribution in [0, 0.1) is 0 Å². The maximum atomic E-state index is 11.0. The Morgan fingerprint density at radius 2 is 1.94 bits per heavy atom. The third-order valence-corrected chi connectivity index (χ3v) is 3.64. The van der Waals surface area contributed by atoms with Crippen molar-refractivity contribution in [2.45, 2.75) is 12.1 Å². The van der Waals surface area contributed by atoms with Gasteiger partial charge in [-0.25, -0.2) is 0 Å². The second-order valence-corrected chi connectivity index (χ2v) is 5.44. The molecule has 0 bridgehead atoms. The lowest BCUT2D eigenvalue weighted by Crippen LogP contribution is -2.19. The van der Waals surface area contributed by atoms with E-state index in [-0.39, 0.29) is 13.0 Å². The van der Waals surface area contributed by atoms with Gasteiger partial charge >= 0.3 is 7.60 Å². The van der Waals surface area contributed by atoms with Gasteiger partial charge in [0.1, 0.15) is 0 Å². The summed E-state index contributed by atoms with van der Waals surface area (Å²) in [5.41, 5.74) is 5.53. The van der Waals surface area contributed by atoms with Crippen molar-refractivity contribution in [1.29, 1.82) is 0 Å². The molecule has 1 aromatic rings. The van der Waals surface area contributed by atoms with Crippen molar-refractivity contribution in [3.05, 3.63) is 42.0 Å². The van der Waals surface area contributed by atoms with E-state index in [2.05, 4.69) is 0 Å². The molecule has 16 heavy (non-hydrogen) atoms. The first-order valence-corrected chi connectivity index (χ1v) is 6.69. The number of allylic oxidation sites excluding steroid dienone is 1. The maximum Gasteiger partial charge on any atom is 0.330 e. The van der Waals surface area contributed by atoms with E-state index in [0.29, 0.717) is 0 Å². The van der Waals surface area contributed by atoms with Gasteiger partial charge in [-0.3, -0.25) is 4.57 Å². The second kappa shape index (κ2) is 5.97. The summed E-state index contributed by atoms with van der Waals surface area (Å²) in [6.07, 6.45) is 3.86. The van der Waals surface area contributed by atoms with E-state index >= 15 is 0 Å². The summed E-state index contributed by atoms with van der Waals surface area (Å²) in [7, 11) is -4.07. The Morgan fingerprint density at radius 1 is 1.31 bits per heavy atom. The molecule has 0 spiro atoms. The van der Waals surface area contributed by atoms with Crippen molar-refractivity contribution in [2.24, 2.45) is 5.73 Å². The fourth-order valence-electron chi connectivity index (χ4n) is 1.30. The highest BCUT2D eigenvalue weighted by Crippen LogP contribution is 2.42. The third kappa shape index (κ3) is 4.29. The summed E-state index contributed by atoms with van der Waals surface area (Å²) in [5, 5.41) is 0. The molecule has 0 fully saturated rings. The van der Waals surface area contributed by atoms with E-state index in [4.69, 9.17) is 15.5 Å². The fraction of sp³-hybridized carbons (Fsp3) is 0.273. The predicted molar refractivity (Wildman–Crippen MR) is 65.0 cm³/mol. The molecule has 88 valence electrons. The molecule has 1 atom stereocenters. The van der Waals surface area contributed by atoms with Crippen LogP contribution in [0.3, 0.4) is 0 Å². The highest BCUT2D eigenvalue weighted by atomic mass is 31.2. The van der Waals surface area contributed by atoms with E-state index in [0.717, 1.165) is 5.56 Å². The molecule has 0 aliphatic heterocycles. The molecular weight excluding hydrogens is 225 g/mol. The minimum Gasteiger partial charge on any atom is -0.330 e. The zero-order valence-electron chi connectivity index (χ0n) is 8.86. The average Bonchev–Trinajstić information content (AvgIpc) is 2.24. The van der Waals surface area contributed by atoms with Gasteiger partial charge in [0.25, 0.3) is 0 Å². The minimum atomic E-state index is -4.07. The summed E-state index contributed by atoms with van der Waals surface area (Å²) in [5.74, 6) is 0. The van der Waals surface area contributed by atoms with E-state index < -0.39 is 13.3 Å². The standard InChI is InChI=1S/C11H16NO3P/c12-9-11(16(13,14)15)8-4-7-10-5-2-1-3-6-10/h1-7,11H,8-9,12H2,(H2,13,14,15)/b7-4+/t11-/m1/s1. The smallest absolute Gasteiger partial charge is 0.330 e. The first-order chi connectivity index (χ1) is 7.54. The van der Waals surface area contributed by atoms with Crippen LogP contribution >= 0.6 is 7.60 Å². The van der Waals surface area contributed by atoms with Crippen molar-refractivity contribution < 1.29 is 14.4 Å². The highest BCUT2D eigenvalue weighted by Gasteiger charge is 2.25. The normalized spacial score (nSPS) is 14.2. The average molecular weight is 241 g/mol. The first kappa shape index (κ1) is 13.1. The molecule has 1 rings (SSSR count). The summed E-state index contributed by atoms with van der Waals surface area (Å²) in [4.78, 5) is 17.9. The summed E-state index contributed by atoms with van der Waals surface area (Å²) < 4.78 is 11.0. The number of benzene rings is 1. The van der Waals surface area contributed by atoms with Gasteiger partial charge in [-0.05, 0) is 12.0 Å². The number of rotatable bonds is 5. The van der Waals surface area contributed by atoms with Gasteiger partial charge in [-0.2, -0.15) is 0 Å². The van der Waals surface area contributed by atoms with Crippen LogP contribution in [-0.2, 0) is 4.57 Å². The summed E-state index contributed by atoms with van der Waals surface area (Å²) in [6, 6.07) is 9.57. The van der Waals surface area contributed by atoms with Crippen molar-refractivity contribution in [2.75, 3.05) is 6.54 Å². The quantitative estimate of drug-likeness (QED) is 0.683. The predicted octanol–water partition coefficient (Wildman–Crippen LogP) is 1.59. The van der Waals surface area contributed by atoms with Gasteiger partial charge in [-0.15, -0.1) is 0 Å². The van der Waals surface area contributed by atoms with Crippen molar-refractivity contribution >= 4 is 13.7 Å². The molecule has 0 heterocycles. The number of nitrogens with two attached hydrogens (primary N) is 1. The van der Waals surface area contributed by atoms with E-state index in [1.54, 1.807) is 6.08 Å². The topological polar surface area (TPSA) is 83.6 Å². The monoisotopic (exact) mass is 241 g/mol. The van der Waals surface area contributed by atoms with Gasteiger partial charge in [-0.1, -0.05) is 42.5 Å². The Morgan fingerprint density at radius 3 is 2.44 bits per heavy atom. The summed E-state index contributed by atoms with van der Waals surface area (Å²) in [6.45, 7) is -0.0105. The van der Waals surface area contributed by atoms with Crippen LogP contribution in [0.5, 0.6) is 0 Å². The van der Waals surface area contributed by atoms with Gasteiger partial charge < -0.3 is 15.5 Å². The largest absolute Gasteiger partial charge is 0.330 e. The van der Waals surface area contributed by atoms with Crippen molar-refractivity contribution in [3.63, 3.8) is 0 Å². The van der Waals surface area contributed by atoms with Crippen LogP contribution in [0.2, 0.25) is 0 Å². The van der Waals surface area contributed by atoms with Crippen LogP contribution in [0.25, 0.3) is 6.08 Å². The number of hydrogen-bond acceptors (Lipinski definition) is 2. The number of hydrogen-bond donors (Lipinski definition) is 3. The molecule has 4 nitrogen and oxygen atoms in total. The molecule has 0 aliphatic rings. The Bertz CT molecular complexity index is 385. The van der Waals surface area contributed by atoms with Gasteiger partial charge in [0, 0.05) is 6.54 Å². The lowest BCUT2D eigenvalue weighted by atomic mass is 10.2. The van der Waals surface area contributed by atoms with Gasteiger partial charge in [0.15, 0.2) is 0 Å². The molecule has 0 aliphatic carbocycles. The molecule has 0 unspecified atom stereocenters. The Balaban J connectivity index is 2.57. The Kier molecular flexibility index (Phi) is 4.90. The van der Waals surface area contributed by atoms with Gasteiger partial charge in [0.2, 0.25) is 0 Å². The molecule has 5 heteroatoms. The lowest BCUT2D eigenvalue weighted by Gasteiger charge is -2.13. The molecular formula is C11H16NO3P. The van der Waals surface area contributed by atoms with Crippen LogP contribution in [0.4, 0.5) is 0 Å². The molecule has 0 saturated carbocycles. The fourth-order valence-corrected chi connectivity index (χ4v) is 1.97. The zero-order valence-corrected chi connectivity index (χ0v) is 9.75. The van der Waals surface area contributed by atoms with Crippen LogP contribution in [0.1, 0.15) is 12.0 Å². The van der Waals surface area contributed by atoms with Crippen molar-refractivity contribution in [1.82, 2.24) is 0 Å². The summed E-state index contributed by atoms with van der Waals surface area (Å²) >= 11 is 0. The molecule has 4 N–H and O–H groups in total. The van der Waals surface area contributed by atoms with Gasteiger partial charge in [0.05, 0.1) is 5.66 Å². The van der Waals surface area contributed by atoms with E-state index in [1.807, 2.05) is 36.4 Å². The SMILES string of the molecule is NC[C@@H](C/C=C/c1ccccc1)P(=O)(O)O. The molecule has 0 aromatic heterocycles. The van der Waals surface area contributed by atoms with Crippen LogP contribution < -0.4 is 5.73 Å².